The van der Waals surface area contributed by atoms with Gasteiger partial charge in [0.2, 0.25) is 0 Å². The number of ketones is 1. The zero-order valence-electron chi connectivity index (χ0n) is 17.2. The van der Waals surface area contributed by atoms with Crippen LogP contribution in [0.5, 0.6) is 0 Å². The van der Waals surface area contributed by atoms with E-state index in [2.05, 4.69) is 43.0 Å². The minimum atomic E-state index is -0.423. The maximum absolute atomic E-state index is 13.1. The van der Waals surface area contributed by atoms with Crippen LogP contribution < -0.4 is 10.9 Å². The van der Waals surface area contributed by atoms with Crippen LogP contribution >= 0.6 is 11.8 Å². The van der Waals surface area contributed by atoms with Gasteiger partial charge in [-0.2, -0.15) is 0 Å². The van der Waals surface area contributed by atoms with Crippen LogP contribution in [0.4, 0.5) is 5.82 Å². The Morgan fingerprint density at radius 3 is 2.62 bits per heavy atom. The van der Waals surface area contributed by atoms with Gasteiger partial charge in [0.25, 0.3) is 5.56 Å². The minimum Gasteiger partial charge on any atom is -0.343 e. The van der Waals surface area contributed by atoms with E-state index in [9.17, 15) is 9.59 Å². The quantitative estimate of drug-likeness (QED) is 0.582. The van der Waals surface area contributed by atoms with Crippen LogP contribution in [0, 0.1) is 11.3 Å². The van der Waals surface area contributed by atoms with Gasteiger partial charge in [0.05, 0.1) is 5.56 Å². The molecule has 2 aromatic rings. The standard InChI is InChI=1S/C22H26N4O2S/c1-12(2)11-29-21-25-19-18(20(28)26-21)16(13-5-7-23-8-6-13)17-14(24-19)9-22(3,4)10-15(17)27/h5-8,12,16H,9-11H2,1-4H3,(H2,24,25,26,28). The van der Waals surface area contributed by atoms with Crippen LogP contribution in [0.3, 0.4) is 0 Å². The number of fused-ring (bicyclic) bond motifs is 1. The Hall–Kier alpha value is -2.41. The van der Waals surface area contributed by atoms with Crippen molar-refractivity contribution in [1.29, 1.82) is 0 Å². The number of pyridine rings is 1. The number of aromatic nitrogens is 3. The van der Waals surface area contributed by atoms with Crippen LogP contribution in [0.1, 0.15) is 57.6 Å². The molecule has 0 fully saturated rings. The highest BCUT2D eigenvalue weighted by Crippen LogP contribution is 2.47. The predicted molar refractivity (Wildman–Crippen MR) is 115 cm³/mol. The molecule has 0 saturated heterocycles. The van der Waals surface area contributed by atoms with E-state index in [-0.39, 0.29) is 16.8 Å². The van der Waals surface area contributed by atoms with Gasteiger partial charge in [-0.25, -0.2) is 4.98 Å². The van der Waals surface area contributed by atoms with Crippen LogP contribution in [-0.2, 0) is 4.79 Å². The summed E-state index contributed by atoms with van der Waals surface area (Å²) >= 11 is 1.54. The number of hydrogen-bond acceptors (Lipinski definition) is 6. The van der Waals surface area contributed by atoms with Gasteiger partial charge in [-0.15, -0.1) is 0 Å². The highest BCUT2D eigenvalue weighted by molar-refractivity contribution is 7.99. The third-order valence-corrected chi connectivity index (χ3v) is 6.59. The second-order valence-corrected chi connectivity index (χ2v) is 10.0. The first-order valence-corrected chi connectivity index (χ1v) is 10.9. The summed E-state index contributed by atoms with van der Waals surface area (Å²) in [6.45, 7) is 8.47. The Bertz CT molecular complexity index is 1040. The van der Waals surface area contributed by atoms with Crippen LogP contribution in [0.2, 0.25) is 0 Å². The van der Waals surface area contributed by atoms with Crippen molar-refractivity contribution in [3.05, 3.63) is 57.3 Å². The molecule has 1 aliphatic carbocycles. The normalized spacial score (nSPS) is 20.3. The van der Waals surface area contributed by atoms with E-state index in [0.29, 0.717) is 34.4 Å². The number of nitrogens with zero attached hydrogens (tertiary/aromatic N) is 2. The second-order valence-electron chi connectivity index (χ2n) is 9.01. The molecule has 2 aliphatic rings. The Morgan fingerprint density at radius 2 is 1.93 bits per heavy atom. The molecule has 7 heteroatoms. The third kappa shape index (κ3) is 3.88. The number of thioether (sulfide) groups is 1. The van der Waals surface area contributed by atoms with Crippen LogP contribution in [-0.4, -0.2) is 26.5 Å². The highest BCUT2D eigenvalue weighted by Gasteiger charge is 2.42. The number of Topliss-reactive ketones (excluding diaryl/α,β-unsaturated/α-hetero) is 1. The van der Waals surface area contributed by atoms with Gasteiger partial charge >= 0.3 is 0 Å². The molecule has 2 N–H and O–H groups in total. The van der Waals surface area contributed by atoms with Crippen molar-refractivity contribution in [2.75, 3.05) is 11.1 Å². The summed E-state index contributed by atoms with van der Waals surface area (Å²) in [4.78, 5) is 38.0. The fourth-order valence-corrected chi connectivity index (χ4v) is 4.91. The Labute approximate surface area is 174 Å². The number of H-pyrrole nitrogens is 1. The van der Waals surface area contributed by atoms with Gasteiger partial charge in [-0.1, -0.05) is 39.5 Å². The van der Waals surface area contributed by atoms with E-state index in [0.717, 1.165) is 23.4 Å². The number of aromatic amines is 1. The van der Waals surface area contributed by atoms with E-state index in [1.165, 1.54) is 0 Å². The molecular formula is C22H26N4O2S. The molecule has 0 bridgehead atoms. The minimum absolute atomic E-state index is 0.0915. The van der Waals surface area contributed by atoms with Gasteiger partial charge < -0.3 is 10.3 Å². The molecule has 0 radical (unpaired) electrons. The molecule has 1 atom stereocenters. The smallest absolute Gasteiger partial charge is 0.257 e. The molecule has 0 aromatic carbocycles. The van der Waals surface area contributed by atoms with Gasteiger partial charge in [0, 0.05) is 41.8 Å². The molecule has 152 valence electrons. The molecule has 2 aromatic heterocycles. The molecule has 6 nitrogen and oxygen atoms in total. The van der Waals surface area contributed by atoms with E-state index in [4.69, 9.17) is 4.98 Å². The van der Waals surface area contributed by atoms with E-state index in [1.807, 2.05) is 12.1 Å². The van der Waals surface area contributed by atoms with Gasteiger partial charge in [0.15, 0.2) is 10.9 Å². The summed E-state index contributed by atoms with van der Waals surface area (Å²) in [5.74, 6) is 1.59. The number of carbonyl (C=O) groups excluding carboxylic acids is 1. The SMILES string of the molecule is CC(C)CSc1nc2c(c(=O)[nH]1)C(c1ccncc1)C1=C(CC(C)(C)CC1=O)N2. The molecule has 0 saturated carbocycles. The first-order valence-electron chi connectivity index (χ1n) is 9.95. The van der Waals surface area contributed by atoms with Gasteiger partial charge in [-0.05, 0) is 35.4 Å². The number of hydrogen-bond donors (Lipinski definition) is 2. The highest BCUT2D eigenvalue weighted by atomic mass is 32.2. The van der Waals surface area contributed by atoms with Crippen molar-refractivity contribution in [3.8, 4) is 0 Å². The zero-order valence-corrected chi connectivity index (χ0v) is 18.0. The first kappa shape index (κ1) is 19.9. The van der Waals surface area contributed by atoms with E-state index < -0.39 is 5.92 Å². The molecule has 1 unspecified atom stereocenters. The third-order valence-electron chi connectivity index (χ3n) is 5.29. The lowest BCUT2D eigenvalue weighted by Gasteiger charge is -2.38. The van der Waals surface area contributed by atoms with Gasteiger partial charge in [-0.3, -0.25) is 14.6 Å². The van der Waals surface area contributed by atoms with Crippen molar-refractivity contribution in [2.24, 2.45) is 11.3 Å². The van der Waals surface area contributed by atoms with Crippen molar-refractivity contribution < 1.29 is 4.79 Å². The number of carbonyl (C=O) groups is 1. The van der Waals surface area contributed by atoms with Crippen molar-refractivity contribution in [2.45, 2.75) is 51.6 Å². The van der Waals surface area contributed by atoms with Crippen molar-refractivity contribution in [3.63, 3.8) is 0 Å². The molecule has 1 aliphatic heterocycles. The van der Waals surface area contributed by atoms with Crippen molar-refractivity contribution >= 4 is 23.4 Å². The summed E-state index contributed by atoms with van der Waals surface area (Å²) in [6, 6.07) is 3.75. The topological polar surface area (TPSA) is 87.7 Å². The number of allylic oxidation sites excluding steroid dienone is 2. The maximum atomic E-state index is 13.1. The van der Waals surface area contributed by atoms with Crippen LogP contribution in [0.15, 0.2) is 45.7 Å². The predicted octanol–water partition coefficient (Wildman–Crippen LogP) is 4.11. The second kappa shape index (κ2) is 7.44. The molecule has 3 heterocycles. The summed E-state index contributed by atoms with van der Waals surface area (Å²) in [6.07, 6.45) is 4.61. The molecule has 0 spiro atoms. The molecule has 4 rings (SSSR count). The molecule has 0 amide bonds. The largest absolute Gasteiger partial charge is 0.343 e. The lowest BCUT2D eigenvalue weighted by atomic mass is 9.69. The lowest BCUT2D eigenvalue weighted by molar-refractivity contribution is -0.118. The Balaban J connectivity index is 1.87. The Kier molecular flexibility index (Phi) is 5.11. The Morgan fingerprint density at radius 1 is 1.21 bits per heavy atom. The number of rotatable bonds is 4. The molecule has 29 heavy (non-hydrogen) atoms. The number of anilines is 1. The van der Waals surface area contributed by atoms with Crippen LogP contribution in [0.25, 0.3) is 0 Å². The summed E-state index contributed by atoms with van der Waals surface area (Å²) in [7, 11) is 0. The first-order chi connectivity index (χ1) is 13.7. The molecular weight excluding hydrogens is 384 g/mol. The average molecular weight is 411 g/mol. The fourth-order valence-electron chi connectivity index (χ4n) is 4.10. The summed E-state index contributed by atoms with van der Waals surface area (Å²) in [5, 5.41) is 3.96. The zero-order chi connectivity index (χ0) is 20.8. The van der Waals surface area contributed by atoms with Gasteiger partial charge in [0.1, 0.15) is 5.82 Å². The average Bonchev–Trinajstić information content (AvgIpc) is 2.64. The monoisotopic (exact) mass is 410 g/mol. The van der Waals surface area contributed by atoms with Crippen molar-refractivity contribution in [1.82, 2.24) is 15.0 Å². The summed E-state index contributed by atoms with van der Waals surface area (Å²) in [5.41, 5.74) is 2.66. The maximum Gasteiger partial charge on any atom is 0.257 e. The summed E-state index contributed by atoms with van der Waals surface area (Å²) < 4.78 is 0. The fraction of sp³-hybridized carbons (Fsp3) is 0.455. The lowest BCUT2D eigenvalue weighted by Crippen LogP contribution is -2.37. The van der Waals surface area contributed by atoms with E-state index >= 15 is 0 Å². The van der Waals surface area contributed by atoms with E-state index in [1.54, 1.807) is 24.2 Å². The number of nitrogens with one attached hydrogen (secondary N) is 2.